The summed E-state index contributed by atoms with van der Waals surface area (Å²) in [5.74, 6) is -0.0478. The third kappa shape index (κ3) is 5.23. The number of carbonyl (C=O) groups excluding carboxylic acids is 2. The summed E-state index contributed by atoms with van der Waals surface area (Å²) < 4.78 is 0. The first-order valence-electron chi connectivity index (χ1n) is 8.59. The zero-order valence-electron chi connectivity index (χ0n) is 14.4. The number of hydrogen-bond acceptors (Lipinski definition) is 3. The second kappa shape index (κ2) is 8.68. The van der Waals surface area contributed by atoms with Crippen LogP contribution in [-0.2, 0) is 11.3 Å². The third-order valence-electron chi connectivity index (χ3n) is 4.59. The predicted molar refractivity (Wildman–Crippen MR) is 94.3 cm³/mol. The van der Waals surface area contributed by atoms with E-state index in [0.29, 0.717) is 19.6 Å². The molecule has 4 N–H and O–H groups in total. The smallest absolute Gasteiger partial charge is 0.317 e. The lowest BCUT2D eigenvalue weighted by molar-refractivity contribution is -0.122. The van der Waals surface area contributed by atoms with Gasteiger partial charge in [-0.15, -0.1) is 0 Å². The molecule has 0 spiro atoms. The summed E-state index contributed by atoms with van der Waals surface area (Å²) in [6.45, 7) is 1.34. The number of carbonyl (C=O) groups is 2. The first kappa shape index (κ1) is 18.3. The van der Waals surface area contributed by atoms with Gasteiger partial charge in [0.25, 0.3) is 0 Å². The number of amides is 3. The summed E-state index contributed by atoms with van der Waals surface area (Å²) in [5.41, 5.74) is 6.65. The van der Waals surface area contributed by atoms with E-state index in [4.69, 9.17) is 5.73 Å². The lowest BCUT2D eigenvalue weighted by Crippen LogP contribution is -2.52. The molecule has 6 nitrogen and oxygen atoms in total. The van der Waals surface area contributed by atoms with E-state index in [-0.39, 0.29) is 23.9 Å². The molecule has 1 fully saturated rings. The molecule has 0 heterocycles. The van der Waals surface area contributed by atoms with Crippen molar-refractivity contribution in [1.82, 2.24) is 15.5 Å². The van der Waals surface area contributed by atoms with Gasteiger partial charge in [-0.2, -0.15) is 0 Å². The van der Waals surface area contributed by atoms with E-state index in [2.05, 4.69) is 10.6 Å². The summed E-state index contributed by atoms with van der Waals surface area (Å²) >= 11 is 0. The second-order valence-corrected chi connectivity index (χ2v) is 6.56. The van der Waals surface area contributed by atoms with Crippen LogP contribution in [-0.4, -0.2) is 42.5 Å². The molecule has 1 saturated carbocycles. The summed E-state index contributed by atoms with van der Waals surface area (Å²) in [6.07, 6.45) is 4.38. The number of benzene rings is 1. The Hall–Kier alpha value is -2.08. The molecule has 2 rings (SSSR count). The van der Waals surface area contributed by atoms with Crippen molar-refractivity contribution in [1.29, 1.82) is 0 Å². The predicted octanol–water partition coefficient (Wildman–Crippen LogP) is 1.61. The normalized spacial score (nSPS) is 15.8. The van der Waals surface area contributed by atoms with Gasteiger partial charge < -0.3 is 21.3 Å². The molecule has 0 saturated heterocycles. The van der Waals surface area contributed by atoms with Crippen LogP contribution in [0.5, 0.6) is 0 Å². The van der Waals surface area contributed by atoms with E-state index in [1.807, 2.05) is 30.3 Å². The average Bonchev–Trinajstić information content (AvgIpc) is 3.04. The molecular weight excluding hydrogens is 304 g/mol. The molecule has 0 bridgehead atoms. The van der Waals surface area contributed by atoms with Crippen molar-refractivity contribution in [2.45, 2.75) is 44.2 Å². The number of nitrogens with two attached hydrogens (primary N) is 1. The van der Waals surface area contributed by atoms with Crippen LogP contribution in [0.1, 0.15) is 37.7 Å². The molecule has 0 atom stereocenters. The summed E-state index contributed by atoms with van der Waals surface area (Å²) in [7, 11) is 1.74. The molecule has 0 aromatic heterocycles. The minimum Gasteiger partial charge on any atom is -0.349 e. The number of nitrogens with one attached hydrogen (secondary N) is 2. The van der Waals surface area contributed by atoms with Crippen molar-refractivity contribution in [2.24, 2.45) is 5.73 Å². The van der Waals surface area contributed by atoms with Crippen molar-refractivity contribution < 1.29 is 9.59 Å². The van der Waals surface area contributed by atoms with Gasteiger partial charge in [0.2, 0.25) is 5.91 Å². The van der Waals surface area contributed by atoms with Gasteiger partial charge >= 0.3 is 6.03 Å². The van der Waals surface area contributed by atoms with Crippen LogP contribution >= 0.6 is 0 Å². The van der Waals surface area contributed by atoms with Crippen molar-refractivity contribution in [3.05, 3.63) is 35.9 Å². The highest BCUT2D eigenvalue weighted by Crippen LogP contribution is 2.28. The Morgan fingerprint density at radius 3 is 2.50 bits per heavy atom. The maximum Gasteiger partial charge on any atom is 0.317 e. The minimum atomic E-state index is -0.231. The van der Waals surface area contributed by atoms with Crippen LogP contribution < -0.4 is 16.4 Å². The molecule has 0 unspecified atom stereocenters. The molecule has 3 amide bonds. The van der Waals surface area contributed by atoms with Crippen LogP contribution in [0.25, 0.3) is 0 Å². The highest BCUT2D eigenvalue weighted by atomic mass is 16.2. The molecule has 1 aliphatic carbocycles. The summed E-state index contributed by atoms with van der Waals surface area (Å²) in [5, 5.41) is 5.84. The standard InChI is InChI=1S/C18H28N4O2/c1-22(13-15-7-3-2-4-8-15)17(24)20-12-9-16(23)21-18(14-19)10-5-6-11-18/h2-4,7-8H,5-6,9-14,19H2,1H3,(H,20,24)(H,21,23). The van der Waals surface area contributed by atoms with Gasteiger partial charge in [0.1, 0.15) is 0 Å². The fourth-order valence-electron chi connectivity index (χ4n) is 3.14. The zero-order chi connectivity index (χ0) is 17.4. The van der Waals surface area contributed by atoms with E-state index < -0.39 is 0 Å². The molecule has 0 radical (unpaired) electrons. The minimum absolute atomic E-state index is 0.0478. The highest BCUT2D eigenvalue weighted by molar-refractivity contribution is 5.78. The molecule has 24 heavy (non-hydrogen) atoms. The second-order valence-electron chi connectivity index (χ2n) is 6.56. The van der Waals surface area contributed by atoms with Gasteiger partial charge in [-0.05, 0) is 18.4 Å². The number of urea groups is 1. The van der Waals surface area contributed by atoms with E-state index >= 15 is 0 Å². The molecular formula is C18H28N4O2. The molecule has 6 heteroatoms. The number of nitrogens with zero attached hydrogens (tertiary/aromatic N) is 1. The van der Waals surface area contributed by atoms with Crippen molar-refractivity contribution in [3.8, 4) is 0 Å². The van der Waals surface area contributed by atoms with Crippen molar-refractivity contribution >= 4 is 11.9 Å². The number of hydrogen-bond donors (Lipinski definition) is 3. The van der Waals surface area contributed by atoms with E-state index in [1.165, 1.54) is 0 Å². The Morgan fingerprint density at radius 2 is 1.88 bits per heavy atom. The van der Waals surface area contributed by atoms with Crippen LogP contribution in [0.3, 0.4) is 0 Å². The lowest BCUT2D eigenvalue weighted by Gasteiger charge is -2.28. The van der Waals surface area contributed by atoms with Crippen LogP contribution in [0.4, 0.5) is 4.79 Å². The SMILES string of the molecule is CN(Cc1ccccc1)C(=O)NCCC(=O)NC1(CN)CCCC1. The third-order valence-corrected chi connectivity index (χ3v) is 4.59. The maximum atomic E-state index is 12.1. The van der Waals surface area contributed by atoms with Crippen molar-refractivity contribution in [2.75, 3.05) is 20.1 Å². The largest absolute Gasteiger partial charge is 0.349 e. The average molecular weight is 332 g/mol. The van der Waals surface area contributed by atoms with Crippen LogP contribution in [0, 0.1) is 0 Å². The Bertz CT molecular complexity index is 541. The Kier molecular flexibility index (Phi) is 6.61. The molecule has 0 aliphatic heterocycles. The first-order valence-corrected chi connectivity index (χ1v) is 8.59. The Balaban J connectivity index is 1.69. The van der Waals surface area contributed by atoms with Gasteiger partial charge in [-0.1, -0.05) is 43.2 Å². The van der Waals surface area contributed by atoms with Crippen molar-refractivity contribution in [3.63, 3.8) is 0 Å². The van der Waals surface area contributed by atoms with E-state index in [9.17, 15) is 9.59 Å². The van der Waals surface area contributed by atoms with E-state index in [1.54, 1.807) is 11.9 Å². The maximum absolute atomic E-state index is 12.1. The summed E-state index contributed by atoms with van der Waals surface area (Å²) in [4.78, 5) is 25.7. The van der Waals surface area contributed by atoms with E-state index in [0.717, 1.165) is 31.2 Å². The quantitative estimate of drug-likeness (QED) is 0.709. The highest BCUT2D eigenvalue weighted by Gasteiger charge is 2.33. The molecule has 1 aliphatic rings. The van der Waals surface area contributed by atoms with Gasteiger partial charge in [0.15, 0.2) is 0 Å². The van der Waals surface area contributed by atoms with Crippen LogP contribution in [0.15, 0.2) is 30.3 Å². The summed E-state index contributed by atoms with van der Waals surface area (Å²) in [6, 6.07) is 9.61. The topological polar surface area (TPSA) is 87.5 Å². The van der Waals surface area contributed by atoms with Gasteiger partial charge in [-0.3, -0.25) is 4.79 Å². The zero-order valence-corrected chi connectivity index (χ0v) is 14.4. The molecule has 132 valence electrons. The monoisotopic (exact) mass is 332 g/mol. The number of rotatable bonds is 7. The Labute approximate surface area is 143 Å². The molecule has 1 aromatic carbocycles. The van der Waals surface area contributed by atoms with Gasteiger partial charge in [-0.25, -0.2) is 4.79 Å². The van der Waals surface area contributed by atoms with Crippen LogP contribution in [0.2, 0.25) is 0 Å². The fraction of sp³-hybridized carbons (Fsp3) is 0.556. The fourth-order valence-corrected chi connectivity index (χ4v) is 3.14. The van der Waals surface area contributed by atoms with Gasteiger partial charge in [0, 0.05) is 33.1 Å². The first-order chi connectivity index (χ1) is 11.5. The lowest BCUT2D eigenvalue weighted by atomic mass is 9.97. The Morgan fingerprint density at radius 1 is 1.21 bits per heavy atom. The molecule has 1 aromatic rings. The van der Waals surface area contributed by atoms with Gasteiger partial charge in [0.05, 0.1) is 5.54 Å².